The topological polar surface area (TPSA) is 87.3 Å². The van der Waals surface area contributed by atoms with Crippen LogP contribution >= 0.6 is 23.5 Å². The van der Waals surface area contributed by atoms with Gasteiger partial charge in [-0.1, -0.05) is 181 Å². The molecule has 0 aliphatic rings. The van der Waals surface area contributed by atoms with E-state index in [1.807, 2.05) is 23.5 Å². The molecule has 0 saturated heterocycles. The van der Waals surface area contributed by atoms with E-state index in [-0.39, 0.29) is 13.5 Å². The van der Waals surface area contributed by atoms with Gasteiger partial charge < -0.3 is 0 Å². The highest BCUT2D eigenvalue weighted by Crippen LogP contribution is 2.15. The van der Waals surface area contributed by atoms with Crippen LogP contribution < -0.4 is 10.6 Å². The number of thioether (sulfide) groups is 2. The van der Waals surface area contributed by atoms with E-state index in [0.717, 1.165) is 24.6 Å². The summed E-state index contributed by atoms with van der Waals surface area (Å²) in [5.74, 6) is 4.38. The molecule has 0 saturated carbocycles. The van der Waals surface area contributed by atoms with Crippen LogP contribution in [0.3, 0.4) is 0 Å². The Morgan fingerprint density at radius 1 is 0.408 bits per heavy atom. The van der Waals surface area contributed by atoms with Crippen molar-refractivity contribution in [2.75, 3.05) is 49.6 Å². The van der Waals surface area contributed by atoms with Gasteiger partial charge in [0, 0.05) is 24.6 Å². The number of hydrogen-bond donors (Lipinski definition) is 2. The summed E-state index contributed by atoms with van der Waals surface area (Å²) in [5, 5.41) is 10.5. The van der Waals surface area contributed by atoms with E-state index in [1.165, 1.54) is 191 Å². The molecule has 49 heavy (non-hydrogen) atoms. The van der Waals surface area contributed by atoms with Crippen LogP contribution in [-0.4, -0.2) is 55.7 Å². The summed E-state index contributed by atoms with van der Waals surface area (Å²) < 4.78 is 0. The average molecular weight is 737 g/mol. The van der Waals surface area contributed by atoms with Crippen molar-refractivity contribution in [3.05, 3.63) is 0 Å². The van der Waals surface area contributed by atoms with Crippen LogP contribution in [0.15, 0.2) is 0 Å². The molecule has 0 atom stereocenters. The SMILES string of the molecule is CCCCCCCCCCCCCCCCSCCNCOOOC(=O)OOCNCCSCCCCCCCCCCCCCCCC. The molecular formula is C39H80N2O6S2. The van der Waals surface area contributed by atoms with E-state index in [2.05, 4.69) is 39.3 Å². The lowest BCUT2D eigenvalue weighted by atomic mass is 10.0. The fourth-order valence-corrected chi connectivity index (χ4v) is 7.49. The highest BCUT2D eigenvalue weighted by Gasteiger charge is 2.07. The maximum absolute atomic E-state index is 11.4. The summed E-state index contributed by atoms with van der Waals surface area (Å²) in [6.45, 7) is 6.35. The summed E-state index contributed by atoms with van der Waals surface area (Å²) in [5.41, 5.74) is 0. The lowest BCUT2D eigenvalue weighted by molar-refractivity contribution is -0.495. The van der Waals surface area contributed by atoms with Crippen LogP contribution in [0.25, 0.3) is 0 Å². The van der Waals surface area contributed by atoms with Crippen molar-refractivity contribution >= 4 is 29.7 Å². The fraction of sp³-hybridized carbons (Fsp3) is 0.974. The van der Waals surface area contributed by atoms with Crippen molar-refractivity contribution < 1.29 is 29.4 Å². The third kappa shape index (κ3) is 45.7. The standard InChI is InChI=1S/C39H80N2O6S2/c1-3-5-7-9-11-13-15-17-19-21-23-25-27-29-33-48-35-31-40-37-43-45-39(42)46-47-44-38-41-32-36-49-34-30-28-26-24-22-20-18-16-14-12-10-8-6-4-2/h40-41H,3-38H2,1-2H3. The Labute approximate surface area is 311 Å². The van der Waals surface area contributed by atoms with Crippen molar-refractivity contribution in [1.29, 1.82) is 0 Å². The van der Waals surface area contributed by atoms with Crippen LogP contribution in [0.4, 0.5) is 4.79 Å². The maximum Gasteiger partial charge on any atom is 0.575 e. The van der Waals surface area contributed by atoms with E-state index in [0.29, 0.717) is 0 Å². The summed E-state index contributed by atoms with van der Waals surface area (Å²) in [4.78, 5) is 29.8. The molecule has 0 rings (SSSR count). The van der Waals surface area contributed by atoms with Crippen molar-refractivity contribution in [3.8, 4) is 0 Å². The zero-order chi connectivity index (χ0) is 35.4. The van der Waals surface area contributed by atoms with Gasteiger partial charge in [-0.15, -0.1) is 0 Å². The second-order valence-corrected chi connectivity index (χ2v) is 15.9. The van der Waals surface area contributed by atoms with Crippen molar-refractivity contribution in [1.82, 2.24) is 10.6 Å². The molecule has 0 unspecified atom stereocenters. The maximum atomic E-state index is 11.4. The lowest BCUT2D eigenvalue weighted by Crippen LogP contribution is -2.23. The predicted octanol–water partition coefficient (Wildman–Crippen LogP) is 12.5. The number of carbonyl (C=O) groups is 1. The average Bonchev–Trinajstić information content (AvgIpc) is 3.11. The van der Waals surface area contributed by atoms with Gasteiger partial charge in [0.2, 0.25) is 0 Å². The normalized spacial score (nSPS) is 11.4. The minimum absolute atomic E-state index is 0.0912. The molecule has 0 radical (unpaired) electrons. The molecule has 0 spiro atoms. The second-order valence-electron chi connectivity index (χ2n) is 13.4. The van der Waals surface area contributed by atoms with Gasteiger partial charge in [-0.25, -0.2) is 4.89 Å². The quantitative estimate of drug-likeness (QED) is 0.0273. The molecule has 0 amide bonds. The molecule has 0 aliphatic heterocycles. The highest BCUT2D eigenvalue weighted by atomic mass is 32.2. The van der Waals surface area contributed by atoms with E-state index in [9.17, 15) is 4.79 Å². The number of rotatable bonds is 43. The highest BCUT2D eigenvalue weighted by molar-refractivity contribution is 7.99. The van der Waals surface area contributed by atoms with Crippen LogP contribution in [0, 0.1) is 0 Å². The first-order chi connectivity index (χ1) is 24.3. The Hall–Kier alpha value is -0.230. The molecule has 10 heteroatoms. The van der Waals surface area contributed by atoms with Crippen LogP contribution in [0.1, 0.15) is 194 Å². The van der Waals surface area contributed by atoms with Gasteiger partial charge in [0.25, 0.3) is 0 Å². The second kappa shape index (κ2) is 45.8. The smallest absolute Gasteiger partial charge is 0.291 e. The van der Waals surface area contributed by atoms with Crippen molar-refractivity contribution in [2.24, 2.45) is 0 Å². The largest absolute Gasteiger partial charge is 0.575 e. The molecule has 2 N–H and O–H groups in total. The predicted molar refractivity (Wildman–Crippen MR) is 212 cm³/mol. The Kier molecular flexibility index (Phi) is 45.6. The zero-order valence-corrected chi connectivity index (χ0v) is 33.9. The first-order valence-electron chi connectivity index (χ1n) is 20.7. The van der Waals surface area contributed by atoms with Gasteiger partial charge in [0.1, 0.15) is 13.5 Å². The fourth-order valence-electron chi connectivity index (χ4n) is 5.69. The molecule has 0 fully saturated rings. The monoisotopic (exact) mass is 737 g/mol. The summed E-state index contributed by atoms with van der Waals surface area (Å²) in [7, 11) is 0. The first kappa shape index (κ1) is 48.8. The molecule has 0 aromatic rings. The molecular weight excluding hydrogens is 657 g/mol. The minimum Gasteiger partial charge on any atom is -0.291 e. The Bertz CT molecular complexity index is 624. The van der Waals surface area contributed by atoms with E-state index < -0.39 is 6.16 Å². The van der Waals surface area contributed by atoms with Gasteiger partial charge in [0.05, 0.1) is 0 Å². The molecule has 294 valence electrons. The van der Waals surface area contributed by atoms with Crippen LogP contribution in [0.5, 0.6) is 0 Å². The lowest BCUT2D eigenvalue weighted by Gasteiger charge is -2.06. The molecule has 8 nitrogen and oxygen atoms in total. The van der Waals surface area contributed by atoms with Crippen molar-refractivity contribution in [2.45, 2.75) is 194 Å². The van der Waals surface area contributed by atoms with Crippen LogP contribution in [-0.2, 0) is 24.6 Å². The van der Waals surface area contributed by atoms with E-state index >= 15 is 0 Å². The van der Waals surface area contributed by atoms with Gasteiger partial charge >= 0.3 is 6.16 Å². The third-order valence-electron chi connectivity index (χ3n) is 8.73. The number of carbonyl (C=O) groups excluding carboxylic acids is 1. The Morgan fingerprint density at radius 2 is 0.735 bits per heavy atom. The Balaban J connectivity index is 3.14. The van der Waals surface area contributed by atoms with Gasteiger partial charge in [-0.3, -0.25) is 15.5 Å². The third-order valence-corrected chi connectivity index (χ3v) is 10.9. The van der Waals surface area contributed by atoms with Crippen LogP contribution in [0.2, 0.25) is 0 Å². The van der Waals surface area contributed by atoms with E-state index in [1.54, 1.807) is 0 Å². The minimum atomic E-state index is -1.11. The molecule has 0 heterocycles. The first-order valence-corrected chi connectivity index (χ1v) is 23.0. The van der Waals surface area contributed by atoms with Gasteiger partial charge in [-0.05, 0) is 29.4 Å². The number of hydrogen-bond acceptors (Lipinski definition) is 10. The molecule has 0 aromatic heterocycles. The summed E-state index contributed by atoms with van der Waals surface area (Å²) in [6.07, 6.45) is 37.9. The van der Waals surface area contributed by atoms with Crippen molar-refractivity contribution in [3.63, 3.8) is 0 Å². The zero-order valence-electron chi connectivity index (χ0n) is 32.2. The molecule has 0 bridgehead atoms. The summed E-state index contributed by atoms with van der Waals surface area (Å²) in [6, 6.07) is 0. The Morgan fingerprint density at radius 3 is 1.10 bits per heavy atom. The molecule has 0 aliphatic carbocycles. The number of nitrogens with one attached hydrogen (secondary N) is 2. The number of unbranched alkanes of at least 4 members (excludes halogenated alkanes) is 26. The molecule has 0 aromatic carbocycles. The van der Waals surface area contributed by atoms with Gasteiger partial charge in [0.15, 0.2) is 0 Å². The summed E-state index contributed by atoms with van der Waals surface area (Å²) >= 11 is 3.88. The van der Waals surface area contributed by atoms with E-state index in [4.69, 9.17) is 9.78 Å². The van der Waals surface area contributed by atoms with Gasteiger partial charge in [-0.2, -0.15) is 38.1 Å².